The molecular formula is C28H25ClF2N4O2. The van der Waals surface area contributed by atoms with Crippen molar-refractivity contribution in [2.24, 2.45) is 0 Å². The van der Waals surface area contributed by atoms with Crippen molar-refractivity contribution >= 4 is 17.5 Å². The van der Waals surface area contributed by atoms with E-state index in [1.165, 1.54) is 28.5 Å². The summed E-state index contributed by atoms with van der Waals surface area (Å²) in [7, 11) is 0. The van der Waals surface area contributed by atoms with Crippen LogP contribution in [0.5, 0.6) is 0 Å². The Morgan fingerprint density at radius 1 is 1.08 bits per heavy atom. The van der Waals surface area contributed by atoms with E-state index in [1.54, 1.807) is 41.3 Å². The predicted octanol–water partition coefficient (Wildman–Crippen LogP) is 5.41. The first kappa shape index (κ1) is 24.9. The van der Waals surface area contributed by atoms with Crippen LogP contribution < -0.4 is 10.9 Å². The fourth-order valence-electron chi connectivity index (χ4n) is 4.66. The van der Waals surface area contributed by atoms with Crippen molar-refractivity contribution in [2.75, 3.05) is 0 Å². The van der Waals surface area contributed by atoms with Crippen LogP contribution in [-0.2, 0) is 13.1 Å². The molecule has 2 heterocycles. The van der Waals surface area contributed by atoms with Gasteiger partial charge in [-0.05, 0) is 59.7 Å². The van der Waals surface area contributed by atoms with Crippen LogP contribution in [0.1, 0.15) is 57.8 Å². The molecule has 0 bridgehead atoms. The van der Waals surface area contributed by atoms with Crippen LogP contribution >= 0.6 is 11.6 Å². The Bertz CT molecular complexity index is 1480. The number of pyridine rings is 1. The molecule has 190 valence electrons. The number of nitrogens with one attached hydrogen (secondary N) is 1. The van der Waals surface area contributed by atoms with Crippen molar-refractivity contribution in [3.8, 4) is 0 Å². The van der Waals surface area contributed by atoms with Crippen molar-refractivity contribution in [1.29, 1.82) is 0 Å². The van der Waals surface area contributed by atoms with Crippen LogP contribution in [0.25, 0.3) is 0 Å². The molecule has 1 aliphatic rings. The lowest BCUT2D eigenvalue weighted by atomic mass is 9.76. The number of carbonyl (C=O) groups is 1. The van der Waals surface area contributed by atoms with Crippen LogP contribution in [-0.4, -0.2) is 26.3 Å². The fraction of sp³-hybridized carbons (Fsp3) is 0.250. The van der Waals surface area contributed by atoms with E-state index in [-0.39, 0.29) is 36.2 Å². The fourth-order valence-corrected chi connectivity index (χ4v) is 4.85. The van der Waals surface area contributed by atoms with Gasteiger partial charge in [0.05, 0.1) is 24.8 Å². The van der Waals surface area contributed by atoms with Crippen molar-refractivity contribution in [3.05, 3.63) is 122 Å². The highest BCUT2D eigenvalue weighted by Gasteiger charge is 2.31. The van der Waals surface area contributed by atoms with Crippen LogP contribution in [0, 0.1) is 0 Å². The number of carbonyl (C=O) groups excluding carboxylic acids is 1. The van der Waals surface area contributed by atoms with E-state index < -0.39 is 6.43 Å². The van der Waals surface area contributed by atoms with Crippen LogP contribution in [0.3, 0.4) is 0 Å². The SMILES string of the molecule is O=C(N[C@H]1C[C@@H](c2cccc(Cl)c2)C1)c1cnn(Cc2ccc(Cn3ccccc3=O)c(C(F)F)c2)c1. The molecule has 0 aliphatic heterocycles. The Labute approximate surface area is 217 Å². The van der Waals surface area contributed by atoms with E-state index >= 15 is 0 Å². The highest BCUT2D eigenvalue weighted by molar-refractivity contribution is 6.30. The first-order valence-corrected chi connectivity index (χ1v) is 12.4. The Kier molecular flexibility index (Phi) is 7.19. The van der Waals surface area contributed by atoms with Gasteiger partial charge in [0.15, 0.2) is 0 Å². The summed E-state index contributed by atoms with van der Waals surface area (Å²) in [5.41, 5.74) is 2.21. The highest BCUT2D eigenvalue weighted by Crippen LogP contribution is 2.37. The first-order chi connectivity index (χ1) is 17.9. The minimum Gasteiger partial charge on any atom is -0.349 e. The van der Waals surface area contributed by atoms with Gasteiger partial charge in [0.2, 0.25) is 0 Å². The second-order valence-electron chi connectivity index (χ2n) is 9.32. The Morgan fingerprint density at radius 2 is 1.92 bits per heavy atom. The van der Waals surface area contributed by atoms with Crippen LogP contribution in [0.4, 0.5) is 8.78 Å². The largest absolute Gasteiger partial charge is 0.349 e. The maximum atomic E-state index is 13.8. The number of halogens is 3. The Morgan fingerprint density at radius 3 is 2.68 bits per heavy atom. The molecule has 2 aromatic heterocycles. The Hall–Kier alpha value is -3.78. The van der Waals surface area contributed by atoms with Gasteiger partial charge in [-0.15, -0.1) is 0 Å². The molecule has 5 rings (SSSR count). The van der Waals surface area contributed by atoms with Crippen molar-refractivity contribution in [3.63, 3.8) is 0 Å². The molecule has 1 aliphatic carbocycles. The summed E-state index contributed by atoms with van der Waals surface area (Å²) in [6.07, 6.45) is 3.67. The molecule has 1 amide bonds. The summed E-state index contributed by atoms with van der Waals surface area (Å²) >= 11 is 6.07. The number of nitrogens with zero attached hydrogens (tertiary/aromatic N) is 3. The van der Waals surface area contributed by atoms with Gasteiger partial charge in [-0.1, -0.05) is 41.9 Å². The van der Waals surface area contributed by atoms with Gasteiger partial charge in [-0.25, -0.2) is 8.78 Å². The van der Waals surface area contributed by atoms with Crippen molar-refractivity contribution in [2.45, 2.75) is 44.3 Å². The number of alkyl halides is 2. The topological polar surface area (TPSA) is 68.9 Å². The molecule has 1 saturated carbocycles. The van der Waals surface area contributed by atoms with E-state index in [0.29, 0.717) is 27.6 Å². The zero-order valence-corrected chi connectivity index (χ0v) is 20.6. The Balaban J connectivity index is 1.21. The van der Waals surface area contributed by atoms with Crippen molar-refractivity contribution < 1.29 is 13.6 Å². The van der Waals surface area contributed by atoms with Gasteiger partial charge >= 0.3 is 0 Å². The van der Waals surface area contributed by atoms with E-state index in [0.717, 1.165) is 12.8 Å². The quantitative estimate of drug-likeness (QED) is 0.336. The summed E-state index contributed by atoms with van der Waals surface area (Å²) in [6, 6.07) is 17.3. The van der Waals surface area contributed by atoms with Gasteiger partial charge < -0.3 is 9.88 Å². The monoisotopic (exact) mass is 522 g/mol. The van der Waals surface area contributed by atoms with E-state index in [1.807, 2.05) is 24.3 Å². The third-order valence-electron chi connectivity index (χ3n) is 6.72. The van der Waals surface area contributed by atoms with E-state index in [2.05, 4.69) is 10.4 Å². The number of rotatable bonds is 8. The standard InChI is InChI=1S/C28H25ClF2N4O2/c29-23-5-3-4-19(11-23)21-12-24(13-21)33-28(37)22-14-32-35(17-22)15-18-7-8-20(25(10-18)27(30)31)16-34-9-2-1-6-26(34)36/h1-11,14,17,21,24,27H,12-13,15-16H2,(H,33,37)/t21-,24+. The van der Waals surface area contributed by atoms with Gasteiger partial charge in [-0.2, -0.15) is 5.10 Å². The van der Waals surface area contributed by atoms with Gasteiger partial charge in [0.1, 0.15) is 0 Å². The van der Waals surface area contributed by atoms with Crippen LogP contribution in [0.15, 0.2) is 84.0 Å². The second kappa shape index (κ2) is 10.7. The molecule has 0 spiro atoms. The average molecular weight is 523 g/mol. The predicted molar refractivity (Wildman–Crippen MR) is 137 cm³/mol. The molecule has 9 heteroatoms. The van der Waals surface area contributed by atoms with E-state index in [9.17, 15) is 18.4 Å². The van der Waals surface area contributed by atoms with E-state index in [4.69, 9.17) is 11.6 Å². The number of aromatic nitrogens is 3. The van der Waals surface area contributed by atoms with Crippen molar-refractivity contribution in [1.82, 2.24) is 19.7 Å². The molecule has 1 N–H and O–H groups in total. The summed E-state index contributed by atoms with van der Waals surface area (Å²) in [5.74, 6) is 0.164. The molecule has 0 saturated heterocycles. The molecule has 0 unspecified atom stereocenters. The number of amides is 1. The first-order valence-electron chi connectivity index (χ1n) is 12.0. The molecule has 0 atom stereocenters. The minimum absolute atomic E-state index is 0.0606. The third kappa shape index (κ3) is 5.80. The molecule has 2 aromatic carbocycles. The molecule has 6 nitrogen and oxygen atoms in total. The molecular weight excluding hydrogens is 498 g/mol. The lowest BCUT2D eigenvalue weighted by molar-refractivity contribution is 0.0908. The minimum atomic E-state index is -2.69. The maximum Gasteiger partial charge on any atom is 0.264 e. The van der Waals surface area contributed by atoms with Gasteiger partial charge in [0.25, 0.3) is 17.9 Å². The summed E-state index contributed by atoms with van der Waals surface area (Å²) in [4.78, 5) is 24.7. The second-order valence-corrected chi connectivity index (χ2v) is 9.76. The number of hydrogen-bond donors (Lipinski definition) is 1. The molecule has 1 fully saturated rings. The summed E-state index contributed by atoms with van der Waals surface area (Å²) in [5, 5.41) is 7.98. The lowest BCUT2D eigenvalue weighted by Gasteiger charge is -2.36. The highest BCUT2D eigenvalue weighted by atomic mass is 35.5. The zero-order valence-electron chi connectivity index (χ0n) is 19.9. The third-order valence-corrected chi connectivity index (χ3v) is 6.95. The number of benzene rings is 2. The smallest absolute Gasteiger partial charge is 0.264 e. The summed E-state index contributed by atoms with van der Waals surface area (Å²) < 4.78 is 30.6. The molecule has 4 aromatic rings. The zero-order chi connectivity index (χ0) is 25.9. The lowest BCUT2D eigenvalue weighted by Crippen LogP contribution is -2.43. The average Bonchev–Trinajstić information content (AvgIpc) is 3.32. The molecule has 37 heavy (non-hydrogen) atoms. The summed E-state index contributed by atoms with van der Waals surface area (Å²) in [6.45, 7) is 0.296. The maximum absolute atomic E-state index is 13.8. The normalized spacial score (nSPS) is 17.0. The molecule has 0 radical (unpaired) electrons. The number of hydrogen-bond acceptors (Lipinski definition) is 3. The van der Waals surface area contributed by atoms with Crippen LogP contribution in [0.2, 0.25) is 5.02 Å². The van der Waals surface area contributed by atoms with Gasteiger partial charge in [-0.3, -0.25) is 14.3 Å². The van der Waals surface area contributed by atoms with Gasteiger partial charge in [0, 0.05) is 35.1 Å².